The van der Waals surface area contributed by atoms with Crippen molar-refractivity contribution in [3.05, 3.63) is 0 Å². The second-order valence-corrected chi connectivity index (χ2v) is 6.42. The molecule has 102 valence electrons. The topological polar surface area (TPSA) is 33.3 Å². The number of morpholine rings is 1. The quantitative estimate of drug-likeness (QED) is 0.670. The van der Waals surface area contributed by atoms with Crippen LogP contribution in [0.2, 0.25) is 0 Å². The number of ether oxygens (including phenoxy) is 1. The molecule has 0 saturated carbocycles. The molecule has 1 saturated heterocycles. The van der Waals surface area contributed by atoms with Crippen molar-refractivity contribution in [3.63, 3.8) is 0 Å². The van der Waals surface area contributed by atoms with Gasteiger partial charge in [-0.2, -0.15) is 0 Å². The highest BCUT2D eigenvalue weighted by atomic mass is 16.5. The van der Waals surface area contributed by atoms with E-state index in [0.717, 1.165) is 45.1 Å². The fourth-order valence-corrected chi connectivity index (χ4v) is 2.67. The zero-order valence-electron chi connectivity index (χ0n) is 12.0. The van der Waals surface area contributed by atoms with Crippen LogP contribution in [0, 0.1) is 11.3 Å². The molecule has 1 aliphatic rings. The zero-order chi connectivity index (χ0) is 12.7. The molecule has 3 heteroatoms. The van der Waals surface area contributed by atoms with Crippen LogP contribution in [0.5, 0.6) is 0 Å². The van der Waals surface area contributed by atoms with Crippen molar-refractivity contribution in [2.75, 3.05) is 32.8 Å². The molecule has 0 bridgehead atoms. The van der Waals surface area contributed by atoms with Crippen LogP contribution in [0.15, 0.2) is 0 Å². The van der Waals surface area contributed by atoms with E-state index in [2.05, 4.69) is 38.3 Å². The van der Waals surface area contributed by atoms with Crippen molar-refractivity contribution in [2.24, 2.45) is 11.3 Å². The van der Waals surface area contributed by atoms with Crippen molar-refractivity contribution in [3.8, 4) is 0 Å². The van der Waals surface area contributed by atoms with E-state index in [1.54, 1.807) is 0 Å². The summed E-state index contributed by atoms with van der Waals surface area (Å²) in [6, 6.07) is 0. The molecule has 0 aliphatic carbocycles. The Labute approximate surface area is 107 Å². The van der Waals surface area contributed by atoms with Gasteiger partial charge in [0.2, 0.25) is 0 Å². The smallest absolute Gasteiger partial charge is 0.0712 e. The van der Waals surface area contributed by atoms with E-state index in [-0.39, 0.29) is 0 Å². The van der Waals surface area contributed by atoms with Crippen LogP contribution in [0.3, 0.4) is 0 Å². The molecule has 0 aromatic carbocycles. The van der Waals surface area contributed by atoms with Crippen molar-refractivity contribution in [1.82, 2.24) is 10.6 Å². The summed E-state index contributed by atoms with van der Waals surface area (Å²) in [6.07, 6.45) is 2.80. The van der Waals surface area contributed by atoms with Crippen molar-refractivity contribution < 1.29 is 4.74 Å². The molecule has 3 nitrogen and oxygen atoms in total. The Morgan fingerprint density at radius 3 is 2.76 bits per heavy atom. The lowest BCUT2D eigenvalue weighted by Gasteiger charge is -2.28. The average molecular weight is 242 g/mol. The summed E-state index contributed by atoms with van der Waals surface area (Å²) in [4.78, 5) is 0. The molecule has 1 atom stereocenters. The lowest BCUT2D eigenvalue weighted by atomic mass is 9.84. The number of rotatable bonds is 7. The monoisotopic (exact) mass is 242 g/mol. The third kappa shape index (κ3) is 7.02. The van der Waals surface area contributed by atoms with E-state index >= 15 is 0 Å². The van der Waals surface area contributed by atoms with Crippen LogP contribution in [0.25, 0.3) is 0 Å². The minimum atomic E-state index is 0.403. The summed E-state index contributed by atoms with van der Waals surface area (Å²) in [5.74, 6) is 0.776. The molecule has 1 rings (SSSR count). The van der Waals surface area contributed by atoms with Crippen molar-refractivity contribution in [1.29, 1.82) is 0 Å². The fraction of sp³-hybridized carbons (Fsp3) is 1.00. The minimum absolute atomic E-state index is 0.403. The molecule has 0 aromatic rings. The average Bonchev–Trinajstić information content (AvgIpc) is 2.24. The van der Waals surface area contributed by atoms with E-state index in [9.17, 15) is 0 Å². The van der Waals surface area contributed by atoms with Crippen LogP contribution in [0.1, 0.15) is 40.5 Å². The SMILES string of the molecule is CC(C)CC(C)(C)CNCCC1CNCCO1. The third-order valence-corrected chi connectivity index (χ3v) is 3.21. The standard InChI is InChI=1S/C14H30N2O/c1-12(2)9-14(3,4)11-16-6-5-13-10-15-7-8-17-13/h12-13,15-16H,5-11H2,1-4H3. The van der Waals surface area contributed by atoms with E-state index in [4.69, 9.17) is 4.74 Å². The molecule has 17 heavy (non-hydrogen) atoms. The summed E-state index contributed by atoms with van der Waals surface area (Å²) in [5.41, 5.74) is 0.403. The predicted octanol–water partition coefficient (Wildman–Crippen LogP) is 2.03. The molecule has 0 amide bonds. The molecule has 1 aliphatic heterocycles. The first-order valence-corrected chi connectivity index (χ1v) is 7.03. The van der Waals surface area contributed by atoms with E-state index in [0.29, 0.717) is 11.5 Å². The van der Waals surface area contributed by atoms with Crippen LogP contribution in [0.4, 0.5) is 0 Å². The molecule has 0 aromatic heterocycles. The Balaban J connectivity index is 2.06. The van der Waals surface area contributed by atoms with Gasteiger partial charge < -0.3 is 15.4 Å². The molecule has 0 radical (unpaired) electrons. The Kier molecular flexibility index (Phi) is 6.45. The van der Waals surface area contributed by atoms with Crippen molar-refractivity contribution >= 4 is 0 Å². The molecular weight excluding hydrogens is 212 g/mol. The van der Waals surface area contributed by atoms with Gasteiger partial charge in [-0.1, -0.05) is 27.7 Å². The van der Waals surface area contributed by atoms with Crippen LogP contribution in [-0.4, -0.2) is 38.9 Å². The second kappa shape index (κ2) is 7.34. The maximum Gasteiger partial charge on any atom is 0.0712 e. The first-order chi connectivity index (χ1) is 7.99. The number of hydrogen-bond acceptors (Lipinski definition) is 3. The minimum Gasteiger partial charge on any atom is -0.376 e. The normalized spacial score (nSPS) is 22.1. The largest absolute Gasteiger partial charge is 0.376 e. The van der Waals surface area contributed by atoms with Gasteiger partial charge in [0.15, 0.2) is 0 Å². The van der Waals surface area contributed by atoms with E-state index in [1.165, 1.54) is 6.42 Å². The predicted molar refractivity (Wildman–Crippen MR) is 73.3 cm³/mol. The Bertz CT molecular complexity index is 198. The maximum atomic E-state index is 5.67. The molecular formula is C14H30N2O. The second-order valence-electron chi connectivity index (χ2n) is 6.42. The van der Waals surface area contributed by atoms with Gasteiger partial charge in [0.05, 0.1) is 12.7 Å². The van der Waals surface area contributed by atoms with Gasteiger partial charge in [0.25, 0.3) is 0 Å². The van der Waals surface area contributed by atoms with Crippen LogP contribution >= 0.6 is 0 Å². The van der Waals surface area contributed by atoms with E-state index in [1.807, 2.05) is 0 Å². The first-order valence-electron chi connectivity index (χ1n) is 7.03. The van der Waals surface area contributed by atoms with Gasteiger partial charge in [0, 0.05) is 19.6 Å². The zero-order valence-corrected chi connectivity index (χ0v) is 12.0. The van der Waals surface area contributed by atoms with E-state index < -0.39 is 0 Å². The van der Waals surface area contributed by atoms with Gasteiger partial charge in [-0.15, -0.1) is 0 Å². The van der Waals surface area contributed by atoms with Crippen LogP contribution < -0.4 is 10.6 Å². The molecule has 1 unspecified atom stereocenters. The summed E-state index contributed by atoms with van der Waals surface area (Å²) in [7, 11) is 0. The van der Waals surface area contributed by atoms with Gasteiger partial charge in [-0.25, -0.2) is 0 Å². The highest BCUT2D eigenvalue weighted by Crippen LogP contribution is 2.23. The van der Waals surface area contributed by atoms with Gasteiger partial charge in [-0.3, -0.25) is 0 Å². The Hall–Kier alpha value is -0.120. The lowest BCUT2D eigenvalue weighted by Crippen LogP contribution is -2.40. The molecule has 1 heterocycles. The van der Waals surface area contributed by atoms with Crippen molar-refractivity contribution in [2.45, 2.75) is 46.6 Å². The Morgan fingerprint density at radius 2 is 2.18 bits per heavy atom. The van der Waals surface area contributed by atoms with Gasteiger partial charge in [-0.05, 0) is 30.7 Å². The third-order valence-electron chi connectivity index (χ3n) is 3.21. The molecule has 0 spiro atoms. The number of hydrogen-bond donors (Lipinski definition) is 2. The van der Waals surface area contributed by atoms with Gasteiger partial charge >= 0.3 is 0 Å². The number of nitrogens with one attached hydrogen (secondary N) is 2. The van der Waals surface area contributed by atoms with Gasteiger partial charge in [0.1, 0.15) is 0 Å². The lowest BCUT2D eigenvalue weighted by molar-refractivity contribution is 0.0235. The Morgan fingerprint density at radius 1 is 1.41 bits per heavy atom. The maximum absolute atomic E-state index is 5.67. The first kappa shape index (κ1) is 14.9. The van der Waals surface area contributed by atoms with Crippen LogP contribution in [-0.2, 0) is 4.74 Å². The fourth-order valence-electron chi connectivity index (χ4n) is 2.67. The highest BCUT2D eigenvalue weighted by Gasteiger charge is 2.19. The summed E-state index contributed by atoms with van der Waals surface area (Å²) in [5, 5.41) is 6.94. The highest BCUT2D eigenvalue weighted by molar-refractivity contribution is 4.74. The molecule has 2 N–H and O–H groups in total. The summed E-state index contributed by atoms with van der Waals surface area (Å²) >= 11 is 0. The summed E-state index contributed by atoms with van der Waals surface area (Å²) in [6.45, 7) is 14.3. The summed E-state index contributed by atoms with van der Waals surface area (Å²) < 4.78 is 5.67. The molecule has 1 fully saturated rings.